The van der Waals surface area contributed by atoms with Crippen molar-refractivity contribution in [3.05, 3.63) is 104 Å². The third kappa shape index (κ3) is 5.12. The number of nitro groups is 1. The van der Waals surface area contributed by atoms with Crippen LogP contribution in [-0.2, 0) is 4.74 Å². The molecule has 4 aromatic rings. The van der Waals surface area contributed by atoms with E-state index in [4.69, 9.17) is 19.6 Å². The predicted octanol–water partition coefficient (Wildman–Crippen LogP) is 7.11. The molecule has 0 unspecified atom stereocenters. The maximum absolute atomic E-state index is 15.5. The van der Waals surface area contributed by atoms with Gasteiger partial charge in [-0.15, -0.1) is 0 Å². The first-order chi connectivity index (χ1) is 20.6. The summed E-state index contributed by atoms with van der Waals surface area (Å²) < 4.78 is 33.8. The molecule has 1 saturated heterocycles. The smallest absolute Gasteiger partial charge is 0.270 e. The van der Waals surface area contributed by atoms with Gasteiger partial charge in [-0.2, -0.15) is 5.10 Å². The molecule has 13 heteroatoms. The minimum atomic E-state index is -3.06. The van der Waals surface area contributed by atoms with Crippen molar-refractivity contribution in [1.29, 1.82) is 0 Å². The molecule has 43 heavy (non-hydrogen) atoms. The van der Waals surface area contributed by atoms with E-state index in [1.165, 1.54) is 18.2 Å². The molecule has 0 bridgehead atoms. The van der Waals surface area contributed by atoms with Gasteiger partial charge in [0.2, 0.25) is 0 Å². The minimum absolute atomic E-state index is 0.0498. The molecule has 1 fully saturated rings. The number of fused-ring (bicyclic) bond motifs is 1. The molecule has 10 nitrogen and oxygen atoms in total. The average molecular weight is 666 g/mol. The standard InChI is InChI=1S/C30H30BrFN7O3P/c1-19-17-37(18-20(2)42-19)43(35-27-15-14-23(39(40)41)16-25(27)31)28-21(3)34-38(22-10-6-5-7-11-22)30(28)33-29(36(43)4)24-12-8-9-13-26(24)32/h5-16,19-20H,17-18H2,1-4H3/t19-,20-,43+/m0/s1. The Morgan fingerprint density at radius 1 is 1.07 bits per heavy atom. The maximum atomic E-state index is 15.5. The lowest BCUT2D eigenvalue weighted by Crippen LogP contribution is -2.50. The topological polar surface area (TPSA) is 101 Å². The minimum Gasteiger partial charge on any atom is -0.373 e. The average Bonchev–Trinajstić information content (AvgIpc) is 3.31. The van der Waals surface area contributed by atoms with Gasteiger partial charge >= 0.3 is 0 Å². The number of non-ortho nitro benzene ring substituents is 1. The Labute approximate surface area is 257 Å². The highest BCUT2D eigenvalue weighted by Crippen LogP contribution is 2.63. The van der Waals surface area contributed by atoms with Crippen LogP contribution in [0.25, 0.3) is 5.69 Å². The van der Waals surface area contributed by atoms with Crippen LogP contribution in [0.4, 0.5) is 21.6 Å². The summed E-state index contributed by atoms with van der Waals surface area (Å²) in [5.74, 6) is 0.587. The summed E-state index contributed by atoms with van der Waals surface area (Å²) >= 11 is 3.55. The molecule has 0 amide bonds. The SMILES string of the molecule is Cc1nn(-c2ccccc2)c2c1[P@](=Nc1ccc([N+](=O)[O-])cc1Br)(N1C[C@H](C)O[C@@H](C)C1)N(C)C(c1ccccc1F)=N2. The third-order valence-corrected chi connectivity index (χ3v) is 11.9. The molecule has 6 rings (SSSR count). The van der Waals surface area contributed by atoms with Crippen molar-refractivity contribution in [3.8, 4) is 5.69 Å². The predicted molar refractivity (Wildman–Crippen MR) is 170 cm³/mol. The summed E-state index contributed by atoms with van der Waals surface area (Å²) in [4.78, 5) is 16.2. The number of halogens is 2. The Balaban J connectivity index is 1.73. The second-order valence-electron chi connectivity index (χ2n) is 10.6. The highest BCUT2D eigenvalue weighted by Gasteiger charge is 2.47. The number of benzene rings is 3. The Morgan fingerprint density at radius 3 is 2.40 bits per heavy atom. The van der Waals surface area contributed by atoms with Gasteiger partial charge in [-0.3, -0.25) is 10.1 Å². The first-order valence-corrected chi connectivity index (χ1v) is 16.2. The van der Waals surface area contributed by atoms with Crippen LogP contribution in [-0.4, -0.2) is 62.2 Å². The normalized spacial score (nSPS) is 22.2. The molecule has 222 valence electrons. The molecule has 2 aliphatic heterocycles. The highest BCUT2D eigenvalue weighted by atomic mass is 79.9. The maximum Gasteiger partial charge on any atom is 0.270 e. The molecule has 0 spiro atoms. The molecule has 3 heterocycles. The third-order valence-electron chi connectivity index (χ3n) is 7.54. The van der Waals surface area contributed by atoms with E-state index in [2.05, 4.69) is 20.6 Å². The Bertz CT molecular complexity index is 1800. The van der Waals surface area contributed by atoms with Gasteiger partial charge in [0.15, 0.2) is 13.2 Å². The zero-order valence-electron chi connectivity index (χ0n) is 24.1. The fourth-order valence-electron chi connectivity index (χ4n) is 5.77. The number of aryl methyl sites for hydroxylation is 1. The van der Waals surface area contributed by atoms with Gasteiger partial charge < -0.3 is 9.41 Å². The van der Waals surface area contributed by atoms with Crippen LogP contribution < -0.4 is 5.30 Å². The van der Waals surface area contributed by atoms with Crippen LogP contribution in [0.3, 0.4) is 0 Å². The molecular weight excluding hydrogens is 636 g/mol. The molecule has 3 aromatic carbocycles. The second kappa shape index (κ2) is 11.4. The summed E-state index contributed by atoms with van der Waals surface area (Å²) in [5, 5.41) is 17.3. The van der Waals surface area contributed by atoms with E-state index < -0.39 is 18.1 Å². The molecule has 2 aliphatic rings. The number of para-hydroxylation sites is 1. The van der Waals surface area contributed by atoms with Crippen LogP contribution in [0.15, 0.2) is 87.0 Å². The van der Waals surface area contributed by atoms with Gasteiger partial charge in [-0.1, -0.05) is 30.3 Å². The van der Waals surface area contributed by atoms with Crippen LogP contribution >= 0.6 is 23.3 Å². The summed E-state index contributed by atoms with van der Waals surface area (Å²) in [6, 6.07) is 20.8. The number of ether oxygens (including phenoxy) is 1. The number of morpholine rings is 1. The first kappa shape index (κ1) is 29.4. The van der Waals surface area contributed by atoms with Gasteiger partial charge in [0.25, 0.3) is 5.69 Å². The number of aromatic nitrogens is 2. The zero-order chi connectivity index (χ0) is 30.5. The van der Waals surface area contributed by atoms with Crippen molar-refractivity contribution >= 4 is 51.6 Å². The molecule has 3 atom stereocenters. The summed E-state index contributed by atoms with van der Waals surface area (Å²) in [7, 11) is -1.16. The lowest BCUT2D eigenvalue weighted by Gasteiger charge is -2.48. The number of nitrogens with zero attached hydrogens (tertiary/aromatic N) is 7. The van der Waals surface area contributed by atoms with Gasteiger partial charge in [-0.05, 0) is 67.0 Å². The summed E-state index contributed by atoms with van der Waals surface area (Å²) in [6.45, 7) is 7.10. The Kier molecular flexibility index (Phi) is 7.80. The number of amidine groups is 1. The van der Waals surface area contributed by atoms with Gasteiger partial charge in [0.05, 0.1) is 49.5 Å². The van der Waals surface area contributed by atoms with Crippen LogP contribution in [0, 0.1) is 22.9 Å². The van der Waals surface area contributed by atoms with Crippen molar-refractivity contribution in [2.45, 2.75) is 33.0 Å². The highest BCUT2D eigenvalue weighted by molar-refractivity contribution is 9.10. The molecule has 0 N–H and O–H groups in total. The number of rotatable bonds is 5. The quantitative estimate of drug-likeness (QED) is 0.128. The fourth-order valence-corrected chi connectivity index (χ4v) is 10.4. The van der Waals surface area contributed by atoms with Crippen molar-refractivity contribution in [3.63, 3.8) is 0 Å². The van der Waals surface area contributed by atoms with Crippen molar-refractivity contribution < 1.29 is 14.1 Å². The van der Waals surface area contributed by atoms with Crippen LogP contribution in [0.1, 0.15) is 25.1 Å². The Hall–Kier alpha value is -3.70. The van der Waals surface area contributed by atoms with E-state index >= 15 is 4.39 Å². The number of hydrogen-bond donors (Lipinski definition) is 0. The zero-order valence-corrected chi connectivity index (χ0v) is 26.5. The van der Waals surface area contributed by atoms with Crippen LogP contribution in [0.2, 0.25) is 0 Å². The number of nitro benzene ring substituents is 1. The molecule has 1 aromatic heterocycles. The monoisotopic (exact) mass is 665 g/mol. The van der Waals surface area contributed by atoms with E-state index in [9.17, 15) is 10.1 Å². The first-order valence-electron chi connectivity index (χ1n) is 13.8. The molecule has 0 aliphatic carbocycles. The summed E-state index contributed by atoms with van der Waals surface area (Å²) in [5.41, 5.74) is 2.37. The summed E-state index contributed by atoms with van der Waals surface area (Å²) in [6.07, 6.45) is -0.207. The van der Waals surface area contributed by atoms with Gasteiger partial charge in [-0.25, -0.2) is 23.5 Å². The van der Waals surface area contributed by atoms with Crippen molar-refractivity contribution in [2.75, 3.05) is 20.1 Å². The number of aliphatic imine (C=N–C) groups is 1. The fraction of sp³-hybridized carbons (Fsp3) is 0.267. The van der Waals surface area contributed by atoms with E-state index in [1.54, 1.807) is 28.9 Å². The van der Waals surface area contributed by atoms with Gasteiger partial charge in [0.1, 0.15) is 11.7 Å². The van der Waals surface area contributed by atoms with Crippen molar-refractivity contribution in [1.82, 2.24) is 19.1 Å². The largest absolute Gasteiger partial charge is 0.373 e. The van der Waals surface area contributed by atoms with E-state index in [1.807, 2.05) is 62.8 Å². The van der Waals surface area contributed by atoms with Gasteiger partial charge in [0, 0.05) is 32.3 Å². The Morgan fingerprint density at radius 2 is 1.74 bits per heavy atom. The molecular formula is C30H30BrFN7O3P. The second-order valence-corrected chi connectivity index (χ2v) is 14.4. The van der Waals surface area contributed by atoms with E-state index in [0.717, 1.165) is 16.7 Å². The lowest BCUT2D eigenvalue weighted by molar-refractivity contribution is -0.384. The lowest BCUT2D eigenvalue weighted by atomic mass is 10.2. The van der Waals surface area contributed by atoms with Crippen LogP contribution in [0.5, 0.6) is 0 Å². The molecule has 0 saturated carbocycles. The molecule has 0 radical (unpaired) electrons. The van der Waals surface area contributed by atoms with Crippen molar-refractivity contribution in [2.24, 2.45) is 9.74 Å². The number of hydrogen-bond acceptors (Lipinski definition) is 6. The van der Waals surface area contributed by atoms with E-state index in [0.29, 0.717) is 40.5 Å². The van der Waals surface area contributed by atoms with E-state index in [-0.39, 0.29) is 17.9 Å².